The molecule has 0 saturated carbocycles. The van der Waals surface area contributed by atoms with Crippen LogP contribution in [0.2, 0.25) is 0 Å². The summed E-state index contributed by atoms with van der Waals surface area (Å²) in [5.74, 6) is -1.54. The molecule has 0 aromatic heterocycles. The maximum atomic E-state index is 13.4. The van der Waals surface area contributed by atoms with Gasteiger partial charge in [-0.15, -0.1) is 0 Å². The van der Waals surface area contributed by atoms with E-state index in [9.17, 15) is 14.0 Å². The van der Waals surface area contributed by atoms with E-state index in [-0.39, 0.29) is 25.5 Å². The van der Waals surface area contributed by atoms with Gasteiger partial charge in [-0.05, 0) is 45.5 Å². The van der Waals surface area contributed by atoms with Gasteiger partial charge >= 0.3 is 12.1 Å². The first kappa shape index (κ1) is 21.3. The molecule has 162 valence electrons. The zero-order valence-corrected chi connectivity index (χ0v) is 17.3. The average Bonchev–Trinajstić information content (AvgIpc) is 3.10. The highest BCUT2D eigenvalue weighted by Crippen LogP contribution is 2.44. The Morgan fingerprint density at radius 1 is 1.00 bits per heavy atom. The zero-order chi connectivity index (χ0) is 22.5. The molecule has 1 aliphatic rings. The number of carboxylic acids is 1. The van der Waals surface area contributed by atoms with Crippen molar-refractivity contribution in [3.63, 3.8) is 0 Å². The molecule has 0 bridgehead atoms. The predicted octanol–water partition coefficient (Wildman–Crippen LogP) is 5.00. The summed E-state index contributed by atoms with van der Waals surface area (Å²) in [5, 5.41) is 11.6. The molecule has 32 heavy (non-hydrogen) atoms. The summed E-state index contributed by atoms with van der Waals surface area (Å²) in [5.41, 5.74) is 5.57. The van der Waals surface area contributed by atoms with Crippen molar-refractivity contribution in [2.24, 2.45) is 0 Å². The fraction of sp³-hybridized carbons (Fsp3) is 0.154. The minimum Gasteiger partial charge on any atom is -0.481 e. The molecule has 3 aromatic carbocycles. The molecule has 5 nitrogen and oxygen atoms in total. The summed E-state index contributed by atoms with van der Waals surface area (Å²) in [6.45, 7) is 0.421. The van der Waals surface area contributed by atoms with Crippen LogP contribution in [0.15, 0.2) is 72.8 Å². The molecule has 0 unspecified atom stereocenters. The normalized spacial score (nSPS) is 12.4. The van der Waals surface area contributed by atoms with Crippen LogP contribution < -0.4 is 5.32 Å². The summed E-state index contributed by atoms with van der Waals surface area (Å²) in [6.07, 6.45) is 2.50. The number of carboxylic acid groups (broad SMARTS) is 1. The van der Waals surface area contributed by atoms with E-state index >= 15 is 0 Å². The van der Waals surface area contributed by atoms with Crippen molar-refractivity contribution in [3.05, 3.63) is 101 Å². The van der Waals surface area contributed by atoms with Gasteiger partial charge in [-0.2, -0.15) is 0 Å². The molecular weight excluding hydrogens is 409 g/mol. The second-order valence-electron chi connectivity index (χ2n) is 7.52. The van der Waals surface area contributed by atoms with Gasteiger partial charge in [0, 0.05) is 12.5 Å². The highest BCUT2D eigenvalue weighted by atomic mass is 19.1. The van der Waals surface area contributed by atoms with Gasteiger partial charge in [0.2, 0.25) is 0 Å². The van der Waals surface area contributed by atoms with Crippen molar-refractivity contribution in [1.29, 1.82) is 0 Å². The topological polar surface area (TPSA) is 75.6 Å². The fourth-order valence-electron chi connectivity index (χ4n) is 4.03. The third kappa shape index (κ3) is 4.70. The maximum absolute atomic E-state index is 13.4. The Labute approximate surface area is 185 Å². The first-order valence-corrected chi connectivity index (χ1v) is 10.3. The highest BCUT2D eigenvalue weighted by Gasteiger charge is 2.28. The number of carbonyl (C=O) groups excluding carboxylic acids is 1. The number of ether oxygens (including phenoxy) is 1. The van der Waals surface area contributed by atoms with E-state index in [1.807, 2.05) is 24.3 Å². The van der Waals surface area contributed by atoms with Crippen LogP contribution in [0.3, 0.4) is 0 Å². The van der Waals surface area contributed by atoms with E-state index in [4.69, 9.17) is 9.84 Å². The molecule has 0 heterocycles. The van der Waals surface area contributed by atoms with Crippen molar-refractivity contribution >= 4 is 18.1 Å². The van der Waals surface area contributed by atoms with E-state index in [1.165, 1.54) is 18.2 Å². The van der Waals surface area contributed by atoms with Crippen molar-refractivity contribution in [3.8, 4) is 11.1 Å². The van der Waals surface area contributed by atoms with Crippen LogP contribution in [-0.4, -0.2) is 30.3 Å². The lowest BCUT2D eigenvalue weighted by molar-refractivity contribution is -0.136. The number of carbonyl (C=O) groups is 2. The van der Waals surface area contributed by atoms with Gasteiger partial charge in [0.05, 0.1) is 6.42 Å². The molecule has 6 heteroatoms. The van der Waals surface area contributed by atoms with Gasteiger partial charge in [-0.3, -0.25) is 4.79 Å². The monoisotopic (exact) mass is 431 g/mol. The van der Waals surface area contributed by atoms with Crippen LogP contribution in [0.4, 0.5) is 9.18 Å². The molecule has 0 aliphatic heterocycles. The number of alkyl carbamates (subject to hydrolysis) is 1. The maximum Gasteiger partial charge on any atom is 0.407 e. The van der Waals surface area contributed by atoms with E-state index in [2.05, 4.69) is 29.6 Å². The predicted molar refractivity (Wildman–Crippen MR) is 120 cm³/mol. The summed E-state index contributed by atoms with van der Waals surface area (Å²) in [6, 6.07) is 20.2. The first-order chi connectivity index (χ1) is 15.5. The minimum absolute atomic E-state index is 0.0125. The molecule has 2 N–H and O–H groups in total. The number of amides is 1. The summed E-state index contributed by atoms with van der Waals surface area (Å²) >= 11 is 0. The molecule has 3 aromatic rings. The van der Waals surface area contributed by atoms with E-state index in [0.717, 1.165) is 22.3 Å². The summed E-state index contributed by atoms with van der Waals surface area (Å²) in [7, 11) is 0. The SMILES string of the molecule is O=C(O)Cc1cc(F)ccc1C=CCNC(=O)OCC1c2ccccc2-c2ccccc21. The second kappa shape index (κ2) is 9.47. The second-order valence-corrected chi connectivity index (χ2v) is 7.52. The Morgan fingerprint density at radius 2 is 1.66 bits per heavy atom. The van der Waals surface area contributed by atoms with Crippen molar-refractivity contribution in [1.82, 2.24) is 5.32 Å². The van der Waals surface area contributed by atoms with Crippen LogP contribution in [0.25, 0.3) is 17.2 Å². The first-order valence-electron chi connectivity index (χ1n) is 10.3. The number of benzene rings is 3. The van der Waals surface area contributed by atoms with Gasteiger partial charge in [0.15, 0.2) is 0 Å². The summed E-state index contributed by atoms with van der Waals surface area (Å²) < 4.78 is 18.9. The lowest BCUT2D eigenvalue weighted by Gasteiger charge is -2.14. The lowest BCUT2D eigenvalue weighted by Crippen LogP contribution is -2.26. The molecule has 1 aliphatic carbocycles. The quantitative estimate of drug-likeness (QED) is 0.552. The highest BCUT2D eigenvalue weighted by molar-refractivity contribution is 5.79. The minimum atomic E-state index is -1.04. The van der Waals surface area contributed by atoms with Crippen molar-refractivity contribution < 1.29 is 23.8 Å². The van der Waals surface area contributed by atoms with Crippen LogP contribution in [0.5, 0.6) is 0 Å². The van der Waals surface area contributed by atoms with Crippen LogP contribution >= 0.6 is 0 Å². The largest absolute Gasteiger partial charge is 0.481 e. The molecule has 0 saturated heterocycles. The third-order valence-corrected chi connectivity index (χ3v) is 5.45. The summed E-state index contributed by atoms with van der Waals surface area (Å²) in [4.78, 5) is 23.2. The Morgan fingerprint density at radius 3 is 2.31 bits per heavy atom. The zero-order valence-electron chi connectivity index (χ0n) is 17.3. The molecule has 4 rings (SSSR count). The number of fused-ring (bicyclic) bond motifs is 3. The number of halogens is 1. The number of nitrogens with one attached hydrogen (secondary N) is 1. The van der Waals surface area contributed by atoms with Crippen LogP contribution in [-0.2, 0) is 16.0 Å². The Hall–Kier alpha value is -3.93. The molecule has 0 fully saturated rings. The van der Waals surface area contributed by atoms with E-state index in [1.54, 1.807) is 12.2 Å². The van der Waals surface area contributed by atoms with Crippen molar-refractivity contribution in [2.75, 3.05) is 13.2 Å². The smallest absolute Gasteiger partial charge is 0.407 e. The van der Waals surface area contributed by atoms with Gasteiger partial charge in [0.25, 0.3) is 0 Å². The number of hydrogen-bond acceptors (Lipinski definition) is 3. The van der Waals surface area contributed by atoms with E-state index in [0.29, 0.717) is 11.1 Å². The standard InChI is InChI=1S/C26H22FNO4/c27-19-12-11-17(18(14-19)15-25(29)30)6-5-13-28-26(31)32-16-24-22-9-3-1-7-20(22)21-8-2-4-10-23(21)24/h1-12,14,24H,13,15-16H2,(H,28,31)(H,29,30). The number of aliphatic carboxylic acids is 1. The lowest BCUT2D eigenvalue weighted by atomic mass is 9.98. The Bertz CT molecular complexity index is 1140. The molecule has 0 atom stereocenters. The Balaban J connectivity index is 1.34. The van der Waals surface area contributed by atoms with Crippen LogP contribution in [0, 0.1) is 5.82 Å². The average molecular weight is 431 g/mol. The number of rotatable bonds is 7. The molecular formula is C26H22FNO4. The van der Waals surface area contributed by atoms with E-state index < -0.39 is 17.9 Å². The third-order valence-electron chi connectivity index (χ3n) is 5.45. The Kier molecular flexibility index (Phi) is 6.31. The number of hydrogen-bond donors (Lipinski definition) is 2. The fourth-order valence-corrected chi connectivity index (χ4v) is 4.03. The molecule has 0 spiro atoms. The van der Waals surface area contributed by atoms with Gasteiger partial charge in [-0.25, -0.2) is 9.18 Å². The van der Waals surface area contributed by atoms with Crippen LogP contribution in [0.1, 0.15) is 28.2 Å². The van der Waals surface area contributed by atoms with Crippen molar-refractivity contribution in [2.45, 2.75) is 12.3 Å². The van der Waals surface area contributed by atoms with Gasteiger partial charge in [-0.1, -0.05) is 66.7 Å². The van der Waals surface area contributed by atoms with Gasteiger partial charge < -0.3 is 15.2 Å². The van der Waals surface area contributed by atoms with Gasteiger partial charge in [0.1, 0.15) is 12.4 Å². The molecule has 0 radical (unpaired) electrons. The molecule has 1 amide bonds.